The van der Waals surface area contributed by atoms with Crippen LogP contribution in [0.15, 0.2) is 6.07 Å². The molecule has 6 heteroatoms. The summed E-state index contributed by atoms with van der Waals surface area (Å²) in [5.74, 6) is -0.302. The fourth-order valence-corrected chi connectivity index (χ4v) is 1.67. The predicted molar refractivity (Wildman–Crippen MR) is 63.8 cm³/mol. The van der Waals surface area contributed by atoms with E-state index < -0.39 is 11.5 Å². The van der Waals surface area contributed by atoms with E-state index >= 15 is 0 Å². The largest absolute Gasteiger partial charge is 0.464 e. The molecule has 1 heterocycles. The molecule has 0 bridgehead atoms. The summed E-state index contributed by atoms with van der Waals surface area (Å²) >= 11 is 0. The van der Waals surface area contributed by atoms with Crippen LogP contribution in [0, 0.1) is 5.92 Å². The molecule has 6 nitrogen and oxygen atoms in total. The molecule has 1 aromatic rings. The topological polar surface area (TPSA) is 84.1 Å². The van der Waals surface area contributed by atoms with Crippen LogP contribution in [0.2, 0.25) is 0 Å². The van der Waals surface area contributed by atoms with Crippen LogP contribution in [-0.4, -0.2) is 29.2 Å². The van der Waals surface area contributed by atoms with Gasteiger partial charge in [0.1, 0.15) is 0 Å². The molecule has 0 unspecified atom stereocenters. The van der Waals surface area contributed by atoms with Crippen molar-refractivity contribution < 1.29 is 14.3 Å². The fraction of sp³-hybridized carbons (Fsp3) is 0.583. The molecule has 18 heavy (non-hydrogen) atoms. The Balaban J connectivity index is 2.10. The second-order valence-corrected chi connectivity index (χ2v) is 5.05. The van der Waals surface area contributed by atoms with Crippen LogP contribution in [0.4, 0.5) is 0 Å². The molecule has 0 saturated heterocycles. The van der Waals surface area contributed by atoms with Crippen molar-refractivity contribution in [2.75, 3.05) is 7.11 Å². The van der Waals surface area contributed by atoms with Gasteiger partial charge in [-0.3, -0.25) is 9.89 Å². The Morgan fingerprint density at radius 1 is 1.50 bits per heavy atom. The predicted octanol–water partition coefficient (Wildman–Crippen LogP) is 0.958. The summed E-state index contributed by atoms with van der Waals surface area (Å²) in [5, 5.41) is 9.57. The SMILES string of the molecule is COC(=O)c1cc(C(C)(C)NC(=O)C2CC2)[nH]n1. The number of esters is 1. The van der Waals surface area contributed by atoms with Crippen molar-refractivity contribution >= 4 is 11.9 Å². The summed E-state index contributed by atoms with van der Waals surface area (Å²) < 4.78 is 4.58. The van der Waals surface area contributed by atoms with Crippen molar-refractivity contribution in [2.24, 2.45) is 5.92 Å². The Hall–Kier alpha value is -1.85. The number of hydrogen-bond acceptors (Lipinski definition) is 4. The fourth-order valence-electron chi connectivity index (χ4n) is 1.67. The lowest BCUT2D eigenvalue weighted by Gasteiger charge is -2.24. The zero-order valence-electron chi connectivity index (χ0n) is 10.7. The first-order chi connectivity index (χ1) is 8.44. The van der Waals surface area contributed by atoms with Crippen molar-refractivity contribution in [1.82, 2.24) is 15.5 Å². The summed E-state index contributed by atoms with van der Waals surface area (Å²) in [6, 6.07) is 1.60. The summed E-state index contributed by atoms with van der Waals surface area (Å²) in [6.07, 6.45) is 1.91. The number of nitrogens with one attached hydrogen (secondary N) is 2. The number of carbonyl (C=O) groups excluding carboxylic acids is 2. The van der Waals surface area contributed by atoms with Gasteiger partial charge in [0.15, 0.2) is 5.69 Å². The third-order valence-electron chi connectivity index (χ3n) is 3.03. The third-order valence-corrected chi connectivity index (χ3v) is 3.03. The zero-order valence-corrected chi connectivity index (χ0v) is 10.7. The molecule has 2 N–H and O–H groups in total. The van der Waals surface area contributed by atoms with Gasteiger partial charge in [-0.05, 0) is 32.8 Å². The number of hydrogen-bond donors (Lipinski definition) is 2. The Kier molecular flexibility index (Phi) is 3.11. The van der Waals surface area contributed by atoms with E-state index in [4.69, 9.17) is 0 Å². The van der Waals surface area contributed by atoms with E-state index in [2.05, 4.69) is 20.3 Å². The Morgan fingerprint density at radius 3 is 2.72 bits per heavy atom. The number of aromatic nitrogens is 2. The smallest absolute Gasteiger partial charge is 0.358 e. The van der Waals surface area contributed by atoms with Crippen LogP contribution in [0.1, 0.15) is 42.9 Å². The third kappa shape index (κ3) is 2.52. The minimum Gasteiger partial charge on any atom is -0.464 e. The standard InChI is InChI=1S/C12H17N3O3/c1-12(2,13-10(16)7-4-5-7)9-6-8(14-15-9)11(17)18-3/h6-7H,4-5H2,1-3H3,(H,13,16)(H,14,15). The van der Waals surface area contributed by atoms with Crippen LogP contribution in [-0.2, 0) is 15.1 Å². The monoisotopic (exact) mass is 251 g/mol. The van der Waals surface area contributed by atoms with E-state index in [1.165, 1.54) is 7.11 Å². The summed E-state index contributed by atoms with van der Waals surface area (Å²) in [5.41, 5.74) is 0.303. The number of nitrogens with zero attached hydrogens (tertiary/aromatic N) is 1. The Morgan fingerprint density at radius 2 is 2.17 bits per heavy atom. The number of rotatable bonds is 4. The molecule has 1 amide bonds. The van der Waals surface area contributed by atoms with Gasteiger partial charge in [-0.15, -0.1) is 0 Å². The molecule has 0 aliphatic heterocycles. The van der Waals surface area contributed by atoms with E-state index in [1.54, 1.807) is 6.07 Å². The first-order valence-electron chi connectivity index (χ1n) is 5.90. The molecule has 0 radical (unpaired) electrons. The summed E-state index contributed by atoms with van der Waals surface area (Å²) in [4.78, 5) is 23.1. The second kappa shape index (κ2) is 4.44. The lowest BCUT2D eigenvalue weighted by molar-refractivity contribution is -0.124. The maximum absolute atomic E-state index is 11.8. The number of ether oxygens (including phenoxy) is 1. The van der Waals surface area contributed by atoms with Crippen LogP contribution < -0.4 is 5.32 Å². The summed E-state index contributed by atoms with van der Waals surface area (Å²) in [7, 11) is 1.30. The lowest BCUT2D eigenvalue weighted by Crippen LogP contribution is -2.42. The lowest BCUT2D eigenvalue weighted by atomic mass is 10.00. The van der Waals surface area contributed by atoms with E-state index in [0.29, 0.717) is 5.69 Å². The van der Waals surface area contributed by atoms with Gasteiger partial charge >= 0.3 is 5.97 Å². The Labute approximate surface area is 105 Å². The number of H-pyrrole nitrogens is 1. The molecule has 0 aromatic carbocycles. The van der Waals surface area contributed by atoms with Gasteiger partial charge < -0.3 is 10.1 Å². The highest BCUT2D eigenvalue weighted by molar-refractivity contribution is 5.87. The number of aromatic amines is 1. The van der Waals surface area contributed by atoms with Gasteiger partial charge in [-0.1, -0.05) is 0 Å². The highest BCUT2D eigenvalue weighted by Crippen LogP contribution is 2.30. The maximum Gasteiger partial charge on any atom is 0.358 e. The van der Waals surface area contributed by atoms with Crippen molar-refractivity contribution in [3.05, 3.63) is 17.5 Å². The number of amides is 1. The van der Waals surface area contributed by atoms with Crippen LogP contribution in [0.5, 0.6) is 0 Å². The molecule has 2 rings (SSSR count). The molecular weight excluding hydrogens is 234 g/mol. The van der Waals surface area contributed by atoms with Gasteiger partial charge in [0.2, 0.25) is 5.91 Å². The molecule has 0 spiro atoms. The van der Waals surface area contributed by atoms with E-state index in [1.807, 2.05) is 13.8 Å². The van der Waals surface area contributed by atoms with Gasteiger partial charge in [-0.2, -0.15) is 5.10 Å². The molecule has 1 fully saturated rings. The Bertz CT molecular complexity index is 475. The molecular formula is C12H17N3O3. The van der Waals surface area contributed by atoms with Crippen molar-refractivity contribution in [1.29, 1.82) is 0 Å². The second-order valence-electron chi connectivity index (χ2n) is 5.05. The zero-order chi connectivity index (χ0) is 13.3. The molecule has 1 aliphatic rings. The molecule has 1 aromatic heterocycles. The molecule has 1 aliphatic carbocycles. The van der Waals surface area contributed by atoms with Crippen molar-refractivity contribution in [3.8, 4) is 0 Å². The molecule has 0 atom stereocenters. The van der Waals surface area contributed by atoms with Gasteiger partial charge in [0.05, 0.1) is 18.3 Å². The molecule has 1 saturated carbocycles. The van der Waals surface area contributed by atoms with E-state index in [-0.39, 0.29) is 17.5 Å². The van der Waals surface area contributed by atoms with Crippen molar-refractivity contribution in [3.63, 3.8) is 0 Å². The minimum absolute atomic E-state index is 0.0502. The van der Waals surface area contributed by atoms with Crippen LogP contribution >= 0.6 is 0 Å². The normalized spacial score (nSPS) is 15.3. The van der Waals surface area contributed by atoms with E-state index in [0.717, 1.165) is 12.8 Å². The minimum atomic E-state index is -0.584. The number of carbonyl (C=O) groups is 2. The van der Waals surface area contributed by atoms with Crippen LogP contribution in [0.25, 0.3) is 0 Å². The molecule has 98 valence electrons. The van der Waals surface area contributed by atoms with Gasteiger partial charge in [0, 0.05) is 5.92 Å². The average Bonchev–Trinajstić information content (AvgIpc) is 3.04. The van der Waals surface area contributed by atoms with Crippen LogP contribution in [0.3, 0.4) is 0 Å². The highest BCUT2D eigenvalue weighted by atomic mass is 16.5. The number of methoxy groups -OCH3 is 1. The first-order valence-corrected chi connectivity index (χ1v) is 5.90. The van der Waals surface area contributed by atoms with Gasteiger partial charge in [0.25, 0.3) is 0 Å². The summed E-state index contributed by atoms with van der Waals surface area (Å²) in [6.45, 7) is 3.73. The quantitative estimate of drug-likeness (QED) is 0.780. The van der Waals surface area contributed by atoms with Gasteiger partial charge in [-0.25, -0.2) is 4.79 Å². The van der Waals surface area contributed by atoms with E-state index in [9.17, 15) is 9.59 Å². The highest BCUT2D eigenvalue weighted by Gasteiger charge is 2.34. The first kappa shape index (κ1) is 12.6. The average molecular weight is 251 g/mol. The van der Waals surface area contributed by atoms with Crippen molar-refractivity contribution in [2.45, 2.75) is 32.2 Å². The maximum atomic E-state index is 11.8.